The average Bonchev–Trinajstić information content (AvgIpc) is 3.22. The molecule has 0 fully saturated rings. The van der Waals surface area contributed by atoms with E-state index in [-0.39, 0.29) is 5.91 Å². The summed E-state index contributed by atoms with van der Waals surface area (Å²) in [6.45, 7) is 4.70. The van der Waals surface area contributed by atoms with E-state index >= 15 is 0 Å². The smallest absolute Gasteiger partial charge is 0.253 e. The Morgan fingerprint density at radius 1 is 1.14 bits per heavy atom. The van der Waals surface area contributed by atoms with Gasteiger partial charge in [-0.3, -0.25) is 4.79 Å². The Bertz CT molecular complexity index is 1510. The van der Waals surface area contributed by atoms with Gasteiger partial charge in [0.1, 0.15) is 23.7 Å². The maximum absolute atomic E-state index is 13.0. The van der Waals surface area contributed by atoms with Crippen molar-refractivity contribution in [2.75, 3.05) is 0 Å². The fourth-order valence-corrected chi connectivity index (χ4v) is 4.58. The van der Waals surface area contributed by atoms with Crippen LogP contribution in [-0.2, 0) is 19.6 Å². The number of rotatable bonds is 5. The molecular weight excluding hydrogens is 436 g/mol. The van der Waals surface area contributed by atoms with Crippen LogP contribution in [0, 0.1) is 11.3 Å². The van der Waals surface area contributed by atoms with E-state index in [0.29, 0.717) is 29.8 Å². The third-order valence-electron chi connectivity index (χ3n) is 6.27. The van der Waals surface area contributed by atoms with Gasteiger partial charge in [-0.15, -0.1) is 0 Å². The largest absolute Gasteiger partial charge is 0.488 e. The Morgan fingerprint density at radius 3 is 2.83 bits per heavy atom. The van der Waals surface area contributed by atoms with Crippen LogP contribution in [-0.4, -0.2) is 15.9 Å². The number of aromatic nitrogens is 2. The molecule has 0 atom stereocenters. The van der Waals surface area contributed by atoms with Crippen molar-refractivity contribution >= 4 is 22.5 Å². The van der Waals surface area contributed by atoms with E-state index in [2.05, 4.69) is 28.3 Å². The van der Waals surface area contributed by atoms with Gasteiger partial charge < -0.3 is 15.0 Å². The number of carbonyl (C=O) groups excluding carboxylic acids is 1. The minimum atomic E-state index is -0.162. The van der Waals surface area contributed by atoms with Gasteiger partial charge in [0, 0.05) is 29.7 Å². The summed E-state index contributed by atoms with van der Waals surface area (Å²) in [4.78, 5) is 21.0. The number of imidazole rings is 1. The number of benzene rings is 3. The molecule has 2 N–H and O–H groups in total. The number of hydrogen-bond acceptors (Lipinski definition) is 4. The summed E-state index contributed by atoms with van der Waals surface area (Å²) in [7, 11) is 0. The summed E-state index contributed by atoms with van der Waals surface area (Å²) < 4.78 is 6.08. The van der Waals surface area contributed by atoms with E-state index in [1.807, 2.05) is 61.5 Å². The lowest BCUT2D eigenvalue weighted by molar-refractivity contribution is 0.0952. The molecule has 0 spiro atoms. The Kier molecular flexibility index (Phi) is 6.07. The lowest BCUT2D eigenvalue weighted by Crippen LogP contribution is -2.23. The second kappa shape index (κ2) is 9.47. The highest BCUT2D eigenvalue weighted by Crippen LogP contribution is 2.38. The zero-order chi connectivity index (χ0) is 24.4. The number of para-hydroxylation sites is 2. The maximum atomic E-state index is 13.0. The molecule has 0 aliphatic carbocycles. The van der Waals surface area contributed by atoms with Crippen molar-refractivity contribution in [3.05, 3.63) is 99.9 Å². The first kappa shape index (κ1) is 22.4. The summed E-state index contributed by atoms with van der Waals surface area (Å²) in [5.41, 5.74) is 7.49. The van der Waals surface area contributed by atoms with E-state index in [1.54, 1.807) is 6.07 Å². The molecule has 35 heavy (non-hydrogen) atoms. The van der Waals surface area contributed by atoms with Crippen molar-refractivity contribution in [3.8, 4) is 11.8 Å². The second-order valence-corrected chi connectivity index (χ2v) is 8.71. The molecule has 0 bridgehead atoms. The Hall–Kier alpha value is -4.37. The molecular formula is C29H26N4O2. The van der Waals surface area contributed by atoms with Gasteiger partial charge >= 0.3 is 0 Å². The van der Waals surface area contributed by atoms with Crippen molar-refractivity contribution in [1.29, 1.82) is 5.26 Å². The number of hydrogen-bond donors (Lipinski definition) is 2. The van der Waals surface area contributed by atoms with Gasteiger partial charge in [-0.2, -0.15) is 5.26 Å². The predicted octanol–water partition coefficient (Wildman–Crippen LogP) is 5.68. The minimum absolute atomic E-state index is 0.162. The number of nitrogens with zero attached hydrogens (tertiary/aromatic N) is 2. The van der Waals surface area contributed by atoms with Crippen LogP contribution in [0.1, 0.15) is 58.7 Å². The van der Waals surface area contributed by atoms with E-state index in [9.17, 15) is 10.1 Å². The number of carbonyl (C=O) groups is 1. The van der Waals surface area contributed by atoms with Gasteiger partial charge in [0.25, 0.3) is 5.91 Å². The quantitative estimate of drug-likeness (QED) is 0.373. The summed E-state index contributed by atoms with van der Waals surface area (Å²) in [6.07, 6.45) is 1.83. The number of nitriles is 1. The predicted molar refractivity (Wildman–Crippen MR) is 136 cm³/mol. The second-order valence-electron chi connectivity index (χ2n) is 8.71. The number of aromatic amines is 1. The van der Waals surface area contributed by atoms with Crippen LogP contribution in [0.3, 0.4) is 0 Å². The van der Waals surface area contributed by atoms with Crippen LogP contribution in [0.5, 0.6) is 5.75 Å². The number of H-pyrrole nitrogens is 1. The van der Waals surface area contributed by atoms with E-state index < -0.39 is 0 Å². The molecule has 2 heterocycles. The van der Waals surface area contributed by atoms with Crippen LogP contribution in [0.15, 0.2) is 66.2 Å². The Morgan fingerprint density at radius 2 is 2.00 bits per heavy atom. The summed E-state index contributed by atoms with van der Waals surface area (Å²) in [5.74, 6) is 1.49. The molecule has 6 heteroatoms. The number of amides is 1. The van der Waals surface area contributed by atoms with Crippen LogP contribution < -0.4 is 10.1 Å². The van der Waals surface area contributed by atoms with Gasteiger partial charge in [0.05, 0.1) is 17.1 Å². The van der Waals surface area contributed by atoms with Crippen molar-refractivity contribution < 1.29 is 9.53 Å². The van der Waals surface area contributed by atoms with Gasteiger partial charge in [0.15, 0.2) is 0 Å². The van der Waals surface area contributed by atoms with Gasteiger partial charge in [0.2, 0.25) is 0 Å². The molecule has 1 amide bonds. The molecule has 6 nitrogen and oxygen atoms in total. The minimum Gasteiger partial charge on any atom is -0.488 e. The Balaban J connectivity index is 1.41. The fourth-order valence-electron chi connectivity index (χ4n) is 4.58. The highest BCUT2D eigenvalue weighted by molar-refractivity contribution is 6.04. The lowest BCUT2D eigenvalue weighted by Gasteiger charge is -2.13. The molecule has 0 radical (unpaired) electrons. The molecule has 0 unspecified atom stereocenters. The first-order valence-electron chi connectivity index (χ1n) is 11.8. The van der Waals surface area contributed by atoms with Crippen LogP contribution >= 0.6 is 0 Å². The SMILES string of the molecule is CCCc1nc2c(C(=O)NCc3ccc4c(c3)COc3ccccc3C4=C(C)C#N)cccc2[nH]1. The highest BCUT2D eigenvalue weighted by atomic mass is 16.5. The van der Waals surface area contributed by atoms with Gasteiger partial charge in [-0.1, -0.05) is 43.3 Å². The summed E-state index contributed by atoms with van der Waals surface area (Å²) >= 11 is 0. The molecule has 3 aromatic carbocycles. The molecule has 1 aliphatic rings. The number of aryl methyl sites for hydroxylation is 1. The lowest BCUT2D eigenvalue weighted by atomic mass is 9.90. The first-order valence-corrected chi connectivity index (χ1v) is 11.8. The summed E-state index contributed by atoms with van der Waals surface area (Å²) in [6, 6.07) is 21.8. The molecule has 0 saturated heterocycles. The summed E-state index contributed by atoms with van der Waals surface area (Å²) in [5, 5.41) is 12.7. The van der Waals surface area contributed by atoms with Gasteiger partial charge in [-0.25, -0.2) is 4.98 Å². The van der Waals surface area contributed by atoms with Crippen molar-refractivity contribution in [1.82, 2.24) is 15.3 Å². The zero-order valence-corrected chi connectivity index (χ0v) is 19.8. The van der Waals surface area contributed by atoms with Crippen molar-refractivity contribution in [2.24, 2.45) is 0 Å². The Labute approximate surface area is 204 Å². The van der Waals surface area contributed by atoms with Crippen molar-refractivity contribution in [2.45, 2.75) is 39.8 Å². The van der Waals surface area contributed by atoms with Gasteiger partial charge in [-0.05, 0) is 54.3 Å². The topological polar surface area (TPSA) is 90.8 Å². The molecule has 5 rings (SSSR count). The monoisotopic (exact) mass is 462 g/mol. The van der Waals surface area contributed by atoms with E-state index in [4.69, 9.17) is 4.74 Å². The standard InChI is InChI=1S/C29H26N4O2/c1-3-7-26-32-24-10-6-9-23(28(24)33-26)29(34)31-16-19-12-13-21-20(14-19)17-35-25-11-5-4-8-22(25)27(21)18(2)15-30/h4-6,8-14H,3,7,16-17H2,1-2H3,(H,31,34)(H,32,33). The molecule has 0 saturated carbocycles. The number of ether oxygens (including phenoxy) is 1. The fraction of sp³-hybridized carbons (Fsp3) is 0.207. The third kappa shape index (κ3) is 4.29. The van der Waals surface area contributed by atoms with Crippen LogP contribution in [0.2, 0.25) is 0 Å². The van der Waals surface area contributed by atoms with E-state index in [0.717, 1.165) is 57.8 Å². The maximum Gasteiger partial charge on any atom is 0.253 e. The van der Waals surface area contributed by atoms with Crippen molar-refractivity contribution in [3.63, 3.8) is 0 Å². The molecule has 1 aliphatic heterocycles. The first-order chi connectivity index (χ1) is 17.1. The normalized spacial score (nSPS) is 13.7. The van der Waals surface area contributed by atoms with E-state index in [1.165, 1.54) is 0 Å². The number of fused-ring (bicyclic) bond motifs is 3. The third-order valence-corrected chi connectivity index (χ3v) is 6.27. The number of allylic oxidation sites excluding steroid dienone is 1. The molecule has 4 aromatic rings. The molecule has 174 valence electrons. The average molecular weight is 463 g/mol. The number of nitrogens with one attached hydrogen (secondary N) is 2. The highest BCUT2D eigenvalue weighted by Gasteiger charge is 2.21. The van der Waals surface area contributed by atoms with Crippen LogP contribution in [0.4, 0.5) is 0 Å². The van der Waals surface area contributed by atoms with Crippen LogP contribution in [0.25, 0.3) is 16.6 Å². The zero-order valence-electron chi connectivity index (χ0n) is 19.8. The molecule has 1 aromatic heterocycles.